The smallest absolute Gasteiger partial charge is 0.387 e. The highest BCUT2D eigenvalue weighted by Gasteiger charge is 2.14. The van der Waals surface area contributed by atoms with Crippen molar-refractivity contribution in [3.05, 3.63) is 29.8 Å². The fourth-order valence-corrected chi connectivity index (χ4v) is 1.19. The second kappa shape index (κ2) is 5.93. The van der Waals surface area contributed by atoms with Crippen LogP contribution in [0.15, 0.2) is 24.3 Å². The van der Waals surface area contributed by atoms with E-state index in [0.717, 1.165) is 5.56 Å². The van der Waals surface area contributed by atoms with Gasteiger partial charge in [0, 0.05) is 12.1 Å². The molecule has 0 atom stereocenters. The van der Waals surface area contributed by atoms with Crippen molar-refractivity contribution in [3.8, 4) is 5.75 Å². The molecule has 0 unspecified atom stereocenters. The molecule has 0 amide bonds. The Morgan fingerprint density at radius 2 is 1.88 bits per heavy atom. The maximum absolute atomic E-state index is 11.9. The molecule has 0 spiro atoms. The number of halogens is 2. The maximum atomic E-state index is 11.9. The molecule has 0 aromatic heterocycles. The van der Waals surface area contributed by atoms with Gasteiger partial charge < -0.3 is 15.2 Å². The maximum Gasteiger partial charge on any atom is 0.387 e. The third kappa shape index (κ3) is 5.10. The van der Waals surface area contributed by atoms with Gasteiger partial charge in [0.25, 0.3) is 0 Å². The molecule has 0 aliphatic carbocycles. The zero-order valence-corrected chi connectivity index (χ0v) is 9.91. The van der Waals surface area contributed by atoms with Crippen LogP contribution in [0.4, 0.5) is 8.78 Å². The number of ether oxygens (including phenoxy) is 1. The van der Waals surface area contributed by atoms with E-state index in [2.05, 4.69) is 10.1 Å². The van der Waals surface area contributed by atoms with Crippen molar-refractivity contribution in [2.24, 2.45) is 0 Å². The molecular formula is C12H17F2NO2. The molecule has 17 heavy (non-hydrogen) atoms. The number of rotatable bonds is 6. The minimum atomic E-state index is -2.80. The first-order valence-corrected chi connectivity index (χ1v) is 5.32. The van der Waals surface area contributed by atoms with Gasteiger partial charge in [0.1, 0.15) is 5.75 Å². The first kappa shape index (κ1) is 13.9. The van der Waals surface area contributed by atoms with Crippen molar-refractivity contribution in [2.45, 2.75) is 32.5 Å². The van der Waals surface area contributed by atoms with E-state index in [0.29, 0.717) is 6.54 Å². The molecule has 0 aliphatic heterocycles. The van der Waals surface area contributed by atoms with Gasteiger partial charge in [0.2, 0.25) is 0 Å². The van der Waals surface area contributed by atoms with Gasteiger partial charge >= 0.3 is 6.61 Å². The van der Waals surface area contributed by atoms with Gasteiger partial charge in [0.15, 0.2) is 0 Å². The predicted molar refractivity (Wildman–Crippen MR) is 61.1 cm³/mol. The van der Waals surface area contributed by atoms with E-state index < -0.39 is 6.61 Å². The highest BCUT2D eigenvalue weighted by Crippen LogP contribution is 2.15. The number of benzene rings is 1. The zero-order valence-electron chi connectivity index (χ0n) is 9.91. The summed E-state index contributed by atoms with van der Waals surface area (Å²) in [4.78, 5) is 0. The van der Waals surface area contributed by atoms with Crippen LogP contribution < -0.4 is 10.1 Å². The lowest BCUT2D eigenvalue weighted by atomic mass is 10.1. The average Bonchev–Trinajstić information content (AvgIpc) is 2.28. The predicted octanol–water partition coefficient (Wildman–Crippen LogP) is 2.15. The molecule has 2 N–H and O–H groups in total. The Balaban J connectivity index is 2.51. The van der Waals surface area contributed by atoms with Gasteiger partial charge in [0.05, 0.1) is 6.61 Å². The van der Waals surface area contributed by atoms with Gasteiger partial charge in [-0.2, -0.15) is 8.78 Å². The second-order valence-electron chi connectivity index (χ2n) is 4.42. The Morgan fingerprint density at radius 1 is 1.29 bits per heavy atom. The lowest BCUT2D eigenvalue weighted by molar-refractivity contribution is -0.0498. The lowest BCUT2D eigenvalue weighted by Crippen LogP contribution is -2.42. The third-order valence-corrected chi connectivity index (χ3v) is 2.31. The van der Waals surface area contributed by atoms with Crippen molar-refractivity contribution in [2.75, 3.05) is 6.61 Å². The number of hydrogen-bond acceptors (Lipinski definition) is 3. The fourth-order valence-electron chi connectivity index (χ4n) is 1.19. The monoisotopic (exact) mass is 245 g/mol. The Morgan fingerprint density at radius 3 is 2.35 bits per heavy atom. The molecule has 96 valence electrons. The first-order chi connectivity index (χ1) is 7.93. The second-order valence-corrected chi connectivity index (χ2v) is 4.42. The van der Waals surface area contributed by atoms with Crippen molar-refractivity contribution < 1.29 is 18.6 Å². The van der Waals surface area contributed by atoms with E-state index in [9.17, 15) is 8.78 Å². The molecule has 0 fully saturated rings. The van der Waals surface area contributed by atoms with Crippen LogP contribution in [0.2, 0.25) is 0 Å². The van der Waals surface area contributed by atoms with E-state index in [1.807, 2.05) is 13.8 Å². The number of hydrogen-bond donors (Lipinski definition) is 2. The molecule has 0 bridgehead atoms. The zero-order chi connectivity index (χ0) is 12.9. The van der Waals surface area contributed by atoms with E-state index in [4.69, 9.17) is 5.11 Å². The molecule has 5 heteroatoms. The summed E-state index contributed by atoms with van der Waals surface area (Å²) in [5.41, 5.74) is 0.575. The fraction of sp³-hybridized carbons (Fsp3) is 0.500. The van der Waals surface area contributed by atoms with Crippen LogP contribution >= 0.6 is 0 Å². The largest absolute Gasteiger partial charge is 0.435 e. The SMILES string of the molecule is CC(C)(CO)NCc1ccc(OC(F)F)cc1. The van der Waals surface area contributed by atoms with Crippen LogP contribution in [0.25, 0.3) is 0 Å². The molecule has 1 aromatic carbocycles. The summed E-state index contributed by atoms with van der Waals surface area (Å²) in [6.45, 7) is 1.54. The van der Waals surface area contributed by atoms with Crippen molar-refractivity contribution in [3.63, 3.8) is 0 Å². The van der Waals surface area contributed by atoms with Gasteiger partial charge in [-0.25, -0.2) is 0 Å². The number of aliphatic hydroxyl groups excluding tert-OH is 1. The number of aliphatic hydroxyl groups is 1. The van der Waals surface area contributed by atoms with Crippen LogP contribution in [0.5, 0.6) is 5.75 Å². The lowest BCUT2D eigenvalue weighted by Gasteiger charge is -2.23. The molecule has 0 saturated heterocycles. The normalized spacial score (nSPS) is 11.9. The highest BCUT2D eigenvalue weighted by atomic mass is 19.3. The highest BCUT2D eigenvalue weighted by molar-refractivity contribution is 5.27. The molecular weight excluding hydrogens is 228 g/mol. The average molecular weight is 245 g/mol. The van der Waals surface area contributed by atoms with Crippen LogP contribution in [-0.4, -0.2) is 23.9 Å². The number of alkyl halides is 2. The van der Waals surface area contributed by atoms with Crippen LogP contribution in [-0.2, 0) is 6.54 Å². The van der Waals surface area contributed by atoms with Gasteiger partial charge in [-0.3, -0.25) is 0 Å². The molecule has 0 saturated carbocycles. The van der Waals surface area contributed by atoms with Gasteiger partial charge in [-0.05, 0) is 31.5 Å². The Labute approximate surface area is 99.4 Å². The minimum Gasteiger partial charge on any atom is -0.435 e. The van der Waals surface area contributed by atoms with Crippen molar-refractivity contribution in [1.29, 1.82) is 0 Å². The molecule has 0 radical (unpaired) electrons. The van der Waals surface area contributed by atoms with Crippen LogP contribution in [0, 0.1) is 0 Å². The topological polar surface area (TPSA) is 41.5 Å². The minimum absolute atomic E-state index is 0.0274. The summed E-state index contributed by atoms with van der Waals surface area (Å²) >= 11 is 0. The summed E-state index contributed by atoms with van der Waals surface area (Å²) in [6, 6.07) is 6.40. The first-order valence-electron chi connectivity index (χ1n) is 5.32. The molecule has 0 heterocycles. The standard InChI is InChI=1S/C12H17F2NO2/c1-12(2,8-16)15-7-9-3-5-10(6-4-9)17-11(13)14/h3-6,11,15-16H,7-8H2,1-2H3. The summed E-state index contributed by atoms with van der Waals surface area (Å²) < 4.78 is 28.1. The van der Waals surface area contributed by atoms with E-state index in [-0.39, 0.29) is 17.9 Å². The number of nitrogens with one attached hydrogen (secondary N) is 1. The molecule has 1 rings (SSSR count). The van der Waals surface area contributed by atoms with Gasteiger partial charge in [-0.1, -0.05) is 12.1 Å². The van der Waals surface area contributed by atoms with Crippen LogP contribution in [0.1, 0.15) is 19.4 Å². The summed E-state index contributed by atoms with van der Waals surface area (Å²) in [5.74, 6) is 0.144. The summed E-state index contributed by atoms with van der Waals surface area (Å²) in [6.07, 6.45) is 0. The Hall–Kier alpha value is -1.20. The summed E-state index contributed by atoms with van der Waals surface area (Å²) in [5, 5.41) is 12.2. The summed E-state index contributed by atoms with van der Waals surface area (Å²) in [7, 11) is 0. The molecule has 1 aromatic rings. The molecule has 3 nitrogen and oxygen atoms in total. The van der Waals surface area contributed by atoms with E-state index in [1.54, 1.807) is 12.1 Å². The molecule has 0 aliphatic rings. The Bertz CT molecular complexity index is 339. The Kier molecular flexibility index (Phi) is 4.84. The van der Waals surface area contributed by atoms with Crippen molar-refractivity contribution >= 4 is 0 Å². The van der Waals surface area contributed by atoms with E-state index in [1.165, 1.54) is 12.1 Å². The third-order valence-electron chi connectivity index (χ3n) is 2.31. The van der Waals surface area contributed by atoms with Crippen LogP contribution in [0.3, 0.4) is 0 Å². The van der Waals surface area contributed by atoms with E-state index >= 15 is 0 Å². The van der Waals surface area contributed by atoms with Crippen molar-refractivity contribution in [1.82, 2.24) is 5.32 Å². The quantitative estimate of drug-likeness (QED) is 0.807. The van der Waals surface area contributed by atoms with Gasteiger partial charge in [-0.15, -0.1) is 0 Å².